The van der Waals surface area contributed by atoms with Crippen molar-refractivity contribution in [3.05, 3.63) is 28.0 Å². The van der Waals surface area contributed by atoms with Crippen LogP contribution in [0.5, 0.6) is 5.75 Å². The van der Waals surface area contributed by atoms with Crippen LogP contribution < -0.4 is 4.74 Å². The number of hydrogen-bond acceptors (Lipinski definition) is 3. The number of benzene rings is 1. The van der Waals surface area contributed by atoms with Gasteiger partial charge in [0, 0.05) is 10.0 Å². The lowest BCUT2D eigenvalue weighted by molar-refractivity contribution is 0.321. The third kappa shape index (κ3) is 2.18. The Morgan fingerprint density at radius 1 is 1.62 bits per heavy atom. The van der Waals surface area contributed by atoms with Crippen LogP contribution >= 0.6 is 15.9 Å². The van der Waals surface area contributed by atoms with E-state index in [1.165, 1.54) is 19.2 Å². The number of hydrogen-bond donors (Lipinski definition) is 1. The van der Waals surface area contributed by atoms with Crippen LogP contribution in [0.3, 0.4) is 0 Å². The smallest absolute Gasteiger partial charge is 0.173 e. The lowest BCUT2D eigenvalue weighted by atomic mass is 10.2. The summed E-state index contributed by atoms with van der Waals surface area (Å²) in [6.45, 7) is 0. The van der Waals surface area contributed by atoms with Crippen LogP contribution in [0.25, 0.3) is 0 Å². The topological polar surface area (TPSA) is 41.8 Å². The Balaban J connectivity index is 3.26. The molecule has 70 valence electrons. The molecule has 0 fully saturated rings. The molecule has 13 heavy (non-hydrogen) atoms. The van der Waals surface area contributed by atoms with E-state index < -0.39 is 5.82 Å². The average molecular weight is 248 g/mol. The van der Waals surface area contributed by atoms with Gasteiger partial charge in [-0.25, -0.2) is 4.39 Å². The van der Waals surface area contributed by atoms with Crippen LogP contribution in [0.15, 0.2) is 21.8 Å². The molecule has 0 saturated heterocycles. The van der Waals surface area contributed by atoms with Gasteiger partial charge in [0.2, 0.25) is 0 Å². The fourth-order valence-corrected chi connectivity index (χ4v) is 1.34. The molecule has 0 bridgehead atoms. The maximum Gasteiger partial charge on any atom is 0.173 e. The zero-order chi connectivity index (χ0) is 9.84. The molecule has 0 amide bonds. The van der Waals surface area contributed by atoms with E-state index in [9.17, 15) is 4.39 Å². The highest BCUT2D eigenvalue weighted by Gasteiger charge is 2.08. The summed E-state index contributed by atoms with van der Waals surface area (Å²) in [7, 11) is 1.37. The van der Waals surface area contributed by atoms with E-state index in [1.807, 2.05) is 0 Å². The van der Waals surface area contributed by atoms with Crippen molar-refractivity contribution >= 4 is 22.1 Å². The summed E-state index contributed by atoms with van der Waals surface area (Å²) >= 11 is 3.17. The zero-order valence-corrected chi connectivity index (χ0v) is 8.38. The van der Waals surface area contributed by atoms with E-state index in [-0.39, 0.29) is 11.3 Å². The van der Waals surface area contributed by atoms with E-state index in [2.05, 4.69) is 21.1 Å². The van der Waals surface area contributed by atoms with Gasteiger partial charge in [0.1, 0.15) is 0 Å². The first-order valence-electron chi connectivity index (χ1n) is 3.39. The minimum absolute atomic E-state index is 0.101. The van der Waals surface area contributed by atoms with Crippen LogP contribution in [-0.4, -0.2) is 18.5 Å². The molecule has 0 unspecified atom stereocenters. The summed E-state index contributed by atoms with van der Waals surface area (Å²) in [4.78, 5) is 0. The molecule has 1 aromatic rings. The maximum atomic E-state index is 13.3. The van der Waals surface area contributed by atoms with Crippen LogP contribution in [0, 0.1) is 5.82 Å². The Labute approximate surface area is 83.0 Å². The monoisotopic (exact) mass is 247 g/mol. The molecule has 1 rings (SSSR count). The molecule has 0 saturated carbocycles. The number of nitrogens with zero attached hydrogens (tertiary/aromatic N) is 1. The SMILES string of the molecule is COc1cc(Br)cc(/C=N/O)c1F. The lowest BCUT2D eigenvalue weighted by Gasteiger charge is -2.04. The molecular formula is C8H7BrFNO2. The third-order valence-corrected chi connectivity index (χ3v) is 1.91. The second-order valence-corrected chi connectivity index (χ2v) is 3.17. The van der Waals surface area contributed by atoms with Crippen molar-refractivity contribution in [2.45, 2.75) is 0 Å². The molecule has 3 nitrogen and oxygen atoms in total. The quantitative estimate of drug-likeness (QED) is 0.496. The van der Waals surface area contributed by atoms with Crippen LogP contribution in [0.2, 0.25) is 0 Å². The normalized spacial score (nSPS) is 10.7. The molecule has 0 atom stereocenters. The number of halogens is 2. The maximum absolute atomic E-state index is 13.3. The van der Waals surface area contributed by atoms with Crippen LogP contribution in [0.4, 0.5) is 4.39 Å². The Morgan fingerprint density at radius 3 is 2.85 bits per heavy atom. The summed E-state index contributed by atoms with van der Waals surface area (Å²) in [5.74, 6) is -0.451. The Kier molecular flexibility index (Phi) is 3.25. The zero-order valence-electron chi connectivity index (χ0n) is 6.79. The minimum atomic E-state index is -0.552. The van der Waals surface area contributed by atoms with Crippen molar-refractivity contribution in [1.29, 1.82) is 0 Å². The van der Waals surface area contributed by atoms with Crippen LogP contribution in [0.1, 0.15) is 5.56 Å². The molecule has 0 aliphatic rings. The molecule has 0 aliphatic carbocycles. The Morgan fingerprint density at radius 2 is 2.31 bits per heavy atom. The van der Waals surface area contributed by atoms with Crippen molar-refractivity contribution in [2.24, 2.45) is 5.16 Å². The summed E-state index contributed by atoms with van der Waals surface area (Å²) in [5, 5.41) is 11.0. The van der Waals surface area contributed by atoms with Gasteiger partial charge in [-0.2, -0.15) is 0 Å². The van der Waals surface area contributed by atoms with Gasteiger partial charge < -0.3 is 9.94 Å². The molecule has 5 heteroatoms. The van der Waals surface area contributed by atoms with E-state index in [1.54, 1.807) is 0 Å². The molecular weight excluding hydrogens is 241 g/mol. The fourth-order valence-electron chi connectivity index (χ4n) is 0.889. The van der Waals surface area contributed by atoms with Crippen molar-refractivity contribution in [1.82, 2.24) is 0 Å². The summed E-state index contributed by atoms with van der Waals surface area (Å²) < 4.78 is 18.7. The highest BCUT2D eigenvalue weighted by Crippen LogP contribution is 2.24. The first-order valence-corrected chi connectivity index (χ1v) is 4.18. The second-order valence-electron chi connectivity index (χ2n) is 2.26. The molecule has 0 spiro atoms. The van der Waals surface area contributed by atoms with Gasteiger partial charge in [-0.05, 0) is 12.1 Å². The van der Waals surface area contributed by atoms with Gasteiger partial charge in [0.25, 0.3) is 0 Å². The van der Waals surface area contributed by atoms with Gasteiger partial charge in [-0.15, -0.1) is 0 Å². The fraction of sp³-hybridized carbons (Fsp3) is 0.125. The Hall–Kier alpha value is -1.10. The predicted octanol–water partition coefficient (Wildman–Crippen LogP) is 2.40. The third-order valence-electron chi connectivity index (χ3n) is 1.45. The first-order chi connectivity index (χ1) is 6.19. The summed E-state index contributed by atoms with van der Waals surface area (Å²) in [5.41, 5.74) is 0.161. The number of rotatable bonds is 2. The van der Waals surface area contributed by atoms with Crippen LogP contribution in [-0.2, 0) is 0 Å². The highest BCUT2D eigenvalue weighted by molar-refractivity contribution is 9.10. The van der Waals surface area contributed by atoms with Gasteiger partial charge in [0.05, 0.1) is 13.3 Å². The first kappa shape index (κ1) is 9.98. The van der Waals surface area contributed by atoms with Crippen molar-refractivity contribution in [3.8, 4) is 5.75 Å². The summed E-state index contributed by atoms with van der Waals surface area (Å²) in [6.07, 6.45) is 1.00. The van der Waals surface area contributed by atoms with E-state index in [0.717, 1.165) is 6.21 Å². The highest BCUT2D eigenvalue weighted by atomic mass is 79.9. The van der Waals surface area contributed by atoms with Crippen molar-refractivity contribution in [3.63, 3.8) is 0 Å². The largest absolute Gasteiger partial charge is 0.494 e. The summed E-state index contributed by atoms with van der Waals surface area (Å²) in [6, 6.07) is 2.97. The molecule has 0 aromatic heterocycles. The van der Waals surface area contributed by atoms with Gasteiger partial charge in [-0.3, -0.25) is 0 Å². The van der Waals surface area contributed by atoms with E-state index in [0.29, 0.717) is 4.47 Å². The molecule has 0 heterocycles. The van der Waals surface area contributed by atoms with Gasteiger partial charge in [-0.1, -0.05) is 21.1 Å². The number of ether oxygens (including phenoxy) is 1. The second kappa shape index (κ2) is 4.23. The predicted molar refractivity (Wildman–Crippen MR) is 50.0 cm³/mol. The Bertz CT molecular complexity index is 341. The average Bonchev–Trinajstić information content (AvgIpc) is 2.11. The van der Waals surface area contributed by atoms with Crippen molar-refractivity contribution < 1.29 is 14.3 Å². The molecule has 0 radical (unpaired) electrons. The number of methoxy groups -OCH3 is 1. The van der Waals surface area contributed by atoms with Gasteiger partial charge in [0.15, 0.2) is 11.6 Å². The minimum Gasteiger partial charge on any atom is -0.494 e. The number of oxime groups is 1. The molecule has 0 aliphatic heterocycles. The van der Waals surface area contributed by atoms with E-state index in [4.69, 9.17) is 9.94 Å². The van der Waals surface area contributed by atoms with Crippen molar-refractivity contribution in [2.75, 3.05) is 7.11 Å². The standard InChI is InChI=1S/C8H7BrFNO2/c1-13-7-3-6(9)2-5(4-11-12)8(7)10/h2-4,12H,1H3/b11-4+. The molecule has 1 N–H and O–H groups in total. The lowest BCUT2D eigenvalue weighted by Crippen LogP contribution is -1.94. The van der Waals surface area contributed by atoms with E-state index >= 15 is 0 Å². The molecule has 1 aromatic carbocycles. The van der Waals surface area contributed by atoms with Gasteiger partial charge >= 0.3 is 0 Å².